The van der Waals surface area contributed by atoms with Crippen LogP contribution in [0.25, 0.3) is 5.76 Å². The first kappa shape index (κ1) is 24.1. The van der Waals surface area contributed by atoms with Crippen LogP contribution in [0.2, 0.25) is 0 Å². The first-order valence-electron chi connectivity index (χ1n) is 10.9. The summed E-state index contributed by atoms with van der Waals surface area (Å²) in [6.45, 7) is 1.61. The predicted octanol–water partition coefficient (Wildman–Crippen LogP) is 1.78. The van der Waals surface area contributed by atoms with Gasteiger partial charge < -0.3 is 19.5 Å². The van der Waals surface area contributed by atoms with Crippen molar-refractivity contribution < 1.29 is 32.6 Å². The number of hydrogen-bond donors (Lipinski definition) is 1. The van der Waals surface area contributed by atoms with Gasteiger partial charge in [-0.25, -0.2) is 8.42 Å². The molecule has 2 aromatic rings. The number of carbonyl (C=O) groups is 2. The lowest BCUT2D eigenvalue weighted by atomic mass is 9.95. The fraction of sp³-hybridized carbons (Fsp3) is 0.333. The van der Waals surface area contributed by atoms with E-state index in [4.69, 9.17) is 9.47 Å². The summed E-state index contributed by atoms with van der Waals surface area (Å²) in [4.78, 5) is 27.2. The molecule has 0 aliphatic carbocycles. The topological polar surface area (TPSA) is 113 Å². The van der Waals surface area contributed by atoms with Gasteiger partial charge in [0.15, 0.2) is 0 Å². The number of morpholine rings is 1. The number of Topliss-reactive ketones (excluding diaryl/α,β-unsaturated/α-hetero) is 1. The van der Waals surface area contributed by atoms with E-state index in [9.17, 15) is 23.1 Å². The number of aliphatic hydroxyl groups is 1. The highest BCUT2D eigenvalue weighted by Gasteiger charge is 2.45. The highest BCUT2D eigenvalue weighted by Crippen LogP contribution is 2.39. The monoisotopic (exact) mass is 486 g/mol. The van der Waals surface area contributed by atoms with Gasteiger partial charge in [0.1, 0.15) is 5.76 Å². The quantitative estimate of drug-likeness (QED) is 0.361. The van der Waals surface area contributed by atoms with Crippen molar-refractivity contribution in [3.63, 3.8) is 0 Å². The maximum Gasteiger partial charge on any atom is 0.295 e. The minimum Gasteiger partial charge on any atom is -0.507 e. The van der Waals surface area contributed by atoms with Crippen molar-refractivity contribution in [3.05, 3.63) is 71.3 Å². The Labute approximate surface area is 198 Å². The third-order valence-electron chi connectivity index (χ3n) is 5.93. The number of rotatable bonds is 7. The lowest BCUT2D eigenvalue weighted by Crippen LogP contribution is -2.40. The summed E-state index contributed by atoms with van der Waals surface area (Å²) >= 11 is 0. The smallest absolute Gasteiger partial charge is 0.295 e. The maximum absolute atomic E-state index is 12.9. The van der Waals surface area contributed by atoms with Gasteiger partial charge in [-0.05, 0) is 29.8 Å². The summed E-state index contributed by atoms with van der Waals surface area (Å²) in [6, 6.07) is 13.8. The van der Waals surface area contributed by atoms with E-state index in [1.54, 1.807) is 24.3 Å². The molecule has 180 valence electrons. The molecule has 9 nitrogen and oxygen atoms in total. The highest BCUT2D eigenvalue weighted by molar-refractivity contribution is 7.89. The molecule has 4 rings (SSSR count). The van der Waals surface area contributed by atoms with Crippen LogP contribution in [-0.2, 0) is 29.1 Å². The molecule has 2 aliphatic rings. The molecule has 0 saturated carbocycles. The second-order valence-corrected chi connectivity index (χ2v) is 9.87. The second-order valence-electron chi connectivity index (χ2n) is 7.94. The molecule has 0 aromatic heterocycles. The van der Waals surface area contributed by atoms with E-state index in [0.29, 0.717) is 18.8 Å². The summed E-state index contributed by atoms with van der Waals surface area (Å²) in [6.07, 6.45) is 0. The molecule has 2 saturated heterocycles. The van der Waals surface area contributed by atoms with Crippen LogP contribution in [0.4, 0.5) is 0 Å². The van der Waals surface area contributed by atoms with E-state index >= 15 is 0 Å². The Kier molecular flexibility index (Phi) is 7.13. The van der Waals surface area contributed by atoms with Gasteiger partial charge in [-0.1, -0.05) is 30.3 Å². The zero-order chi connectivity index (χ0) is 24.3. The first-order valence-corrected chi connectivity index (χ1v) is 12.3. The lowest BCUT2D eigenvalue weighted by molar-refractivity contribution is -0.140. The van der Waals surface area contributed by atoms with Crippen molar-refractivity contribution >= 4 is 27.5 Å². The number of likely N-dealkylation sites (tertiary alicyclic amines) is 1. The molecule has 1 N–H and O–H groups in total. The van der Waals surface area contributed by atoms with Gasteiger partial charge in [0.2, 0.25) is 10.0 Å². The van der Waals surface area contributed by atoms with Crippen molar-refractivity contribution in [2.24, 2.45) is 0 Å². The molecule has 0 bridgehead atoms. The van der Waals surface area contributed by atoms with Crippen molar-refractivity contribution in [3.8, 4) is 0 Å². The minimum absolute atomic E-state index is 0.0453. The molecule has 34 heavy (non-hydrogen) atoms. The molecule has 1 amide bonds. The molecule has 0 unspecified atom stereocenters. The molecule has 2 aromatic carbocycles. The Morgan fingerprint density at radius 3 is 2.32 bits per heavy atom. The van der Waals surface area contributed by atoms with E-state index in [1.165, 1.54) is 40.6 Å². The molecule has 0 radical (unpaired) electrons. The number of sulfonamides is 1. The Morgan fingerprint density at radius 2 is 1.71 bits per heavy atom. The number of amides is 1. The fourth-order valence-electron chi connectivity index (χ4n) is 4.16. The van der Waals surface area contributed by atoms with E-state index in [1.807, 2.05) is 6.07 Å². The van der Waals surface area contributed by atoms with Crippen LogP contribution in [-0.4, -0.2) is 81.0 Å². The Balaban J connectivity index is 1.72. The van der Waals surface area contributed by atoms with Crippen molar-refractivity contribution in [2.45, 2.75) is 10.9 Å². The number of carbonyl (C=O) groups excluding carboxylic acids is 2. The fourth-order valence-corrected chi connectivity index (χ4v) is 5.57. The summed E-state index contributed by atoms with van der Waals surface area (Å²) in [5.74, 6) is -1.88. The van der Waals surface area contributed by atoms with Crippen LogP contribution in [0, 0.1) is 0 Å². The van der Waals surface area contributed by atoms with Crippen LogP contribution in [0.15, 0.2) is 65.1 Å². The molecule has 2 heterocycles. The van der Waals surface area contributed by atoms with Gasteiger partial charge in [-0.2, -0.15) is 4.31 Å². The van der Waals surface area contributed by atoms with Crippen LogP contribution in [0.3, 0.4) is 0 Å². The number of methoxy groups -OCH3 is 1. The number of benzene rings is 2. The number of hydrogen-bond acceptors (Lipinski definition) is 7. The normalized spacial score (nSPS) is 21.2. The second kappa shape index (κ2) is 10.1. The van der Waals surface area contributed by atoms with Gasteiger partial charge in [0.25, 0.3) is 11.7 Å². The third kappa shape index (κ3) is 4.49. The van der Waals surface area contributed by atoms with E-state index < -0.39 is 27.8 Å². The van der Waals surface area contributed by atoms with Crippen LogP contribution < -0.4 is 0 Å². The molecule has 2 fully saturated rings. The van der Waals surface area contributed by atoms with Gasteiger partial charge in [-0.3, -0.25) is 9.59 Å². The number of nitrogens with zero attached hydrogens (tertiary/aromatic N) is 2. The van der Waals surface area contributed by atoms with Crippen molar-refractivity contribution in [1.29, 1.82) is 0 Å². The zero-order valence-corrected chi connectivity index (χ0v) is 19.5. The molecule has 2 aliphatic heterocycles. The Morgan fingerprint density at radius 1 is 1.06 bits per heavy atom. The number of ether oxygens (including phenoxy) is 2. The van der Waals surface area contributed by atoms with E-state index in [-0.39, 0.29) is 48.0 Å². The molecular weight excluding hydrogens is 460 g/mol. The third-order valence-corrected chi connectivity index (χ3v) is 7.84. The summed E-state index contributed by atoms with van der Waals surface area (Å²) in [5.41, 5.74) is 0.869. The van der Waals surface area contributed by atoms with Crippen molar-refractivity contribution in [2.75, 3.05) is 46.6 Å². The van der Waals surface area contributed by atoms with Crippen molar-refractivity contribution in [1.82, 2.24) is 9.21 Å². The molecule has 0 spiro atoms. The molecule has 10 heteroatoms. The Hall–Kier alpha value is -3.05. The molecular formula is C24H26N2O7S. The van der Waals surface area contributed by atoms with E-state index in [0.717, 1.165) is 0 Å². The standard InChI is InChI=1S/C24H26N2O7S/c1-32-14-13-26-21(17-5-3-2-4-6-17)20(23(28)24(26)29)22(27)18-7-9-19(10-8-18)34(30,31)25-11-15-33-16-12-25/h2-10,21,27H,11-16H2,1H3/t21-/m0/s1. The number of ketones is 1. The SMILES string of the molecule is COCCN1C(=O)C(=O)C(=C(O)c2ccc(S(=O)(=O)N3CCOCC3)cc2)[C@@H]1c1ccccc1. The average molecular weight is 487 g/mol. The summed E-state index contributed by atoms with van der Waals surface area (Å²) in [5, 5.41) is 11.1. The molecule has 1 atom stereocenters. The minimum atomic E-state index is -3.70. The Bertz CT molecular complexity index is 1190. The summed E-state index contributed by atoms with van der Waals surface area (Å²) in [7, 11) is -2.20. The van der Waals surface area contributed by atoms with Gasteiger partial charge in [0, 0.05) is 32.3 Å². The van der Waals surface area contributed by atoms with Gasteiger partial charge in [0.05, 0.1) is 36.3 Å². The van der Waals surface area contributed by atoms with Gasteiger partial charge >= 0.3 is 0 Å². The largest absolute Gasteiger partial charge is 0.507 e. The van der Waals surface area contributed by atoms with Crippen LogP contribution in [0.5, 0.6) is 0 Å². The van der Waals surface area contributed by atoms with Crippen LogP contribution >= 0.6 is 0 Å². The van der Waals surface area contributed by atoms with Gasteiger partial charge in [-0.15, -0.1) is 0 Å². The average Bonchev–Trinajstić information content (AvgIpc) is 3.13. The number of aliphatic hydroxyl groups excluding tert-OH is 1. The van der Waals surface area contributed by atoms with Crippen LogP contribution in [0.1, 0.15) is 17.2 Å². The summed E-state index contributed by atoms with van der Waals surface area (Å²) < 4.78 is 37.4. The van der Waals surface area contributed by atoms with E-state index in [2.05, 4.69) is 0 Å². The highest BCUT2D eigenvalue weighted by atomic mass is 32.2. The lowest BCUT2D eigenvalue weighted by Gasteiger charge is -2.26. The maximum atomic E-state index is 12.9. The predicted molar refractivity (Wildman–Crippen MR) is 123 cm³/mol. The zero-order valence-electron chi connectivity index (χ0n) is 18.7. The first-order chi connectivity index (χ1) is 16.4.